The molecule has 4 aliphatic rings. The molecule has 218 valence electrons. The number of carboxylic acids is 1. The van der Waals surface area contributed by atoms with Crippen molar-refractivity contribution in [3.05, 3.63) is 48.6 Å². The van der Waals surface area contributed by atoms with E-state index in [0.717, 1.165) is 18.7 Å². The lowest BCUT2D eigenvalue weighted by Crippen LogP contribution is -2.60. The highest BCUT2D eigenvalue weighted by atomic mass is 16.5. The monoisotopic (exact) mass is 555 g/mol. The van der Waals surface area contributed by atoms with Crippen LogP contribution in [0.3, 0.4) is 0 Å². The minimum Gasteiger partial charge on any atom is -0.481 e. The number of carboxylic acid groups (broad SMARTS) is 1. The number of hydrogen-bond donors (Lipinski definition) is 2. The van der Waals surface area contributed by atoms with E-state index in [1.165, 1.54) is 4.90 Å². The predicted molar refractivity (Wildman–Crippen MR) is 146 cm³/mol. The molecule has 4 saturated heterocycles. The van der Waals surface area contributed by atoms with Gasteiger partial charge in [-0.1, -0.05) is 43.3 Å². The van der Waals surface area contributed by atoms with Gasteiger partial charge >= 0.3 is 5.97 Å². The summed E-state index contributed by atoms with van der Waals surface area (Å²) in [6.45, 7) is 11.4. The Kier molecular flexibility index (Phi) is 8.07. The first-order chi connectivity index (χ1) is 19.2. The number of carbonyl (C=O) groups is 3. The summed E-state index contributed by atoms with van der Waals surface area (Å²) in [7, 11) is 0. The van der Waals surface area contributed by atoms with Crippen LogP contribution in [0.5, 0.6) is 0 Å². The van der Waals surface area contributed by atoms with E-state index in [1.54, 1.807) is 17.9 Å². The fourth-order valence-corrected chi connectivity index (χ4v) is 7.57. The minimum absolute atomic E-state index is 0.171. The van der Waals surface area contributed by atoms with Gasteiger partial charge in [0.15, 0.2) is 0 Å². The molecule has 0 aromatic heterocycles. The summed E-state index contributed by atoms with van der Waals surface area (Å²) in [5, 5.41) is 20.9. The third-order valence-electron chi connectivity index (χ3n) is 9.62. The van der Waals surface area contributed by atoms with Gasteiger partial charge in [-0.05, 0) is 31.2 Å². The van der Waals surface area contributed by atoms with Gasteiger partial charge in [-0.25, -0.2) is 0 Å². The molecule has 2 bridgehead atoms. The van der Waals surface area contributed by atoms with Crippen LogP contribution in [0.15, 0.2) is 43.0 Å². The zero-order valence-electron chi connectivity index (χ0n) is 23.4. The van der Waals surface area contributed by atoms with E-state index < -0.39 is 47.0 Å². The van der Waals surface area contributed by atoms with E-state index in [-0.39, 0.29) is 25.0 Å². The number of carbonyl (C=O) groups excluding carboxylic acids is 2. The Labute approximate surface area is 235 Å². The van der Waals surface area contributed by atoms with E-state index in [2.05, 4.69) is 11.5 Å². The average molecular weight is 556 g/mol. The van der Waals surface area contributed by atoms with Gasteiger partial charge in [-0.2, -0.15) is 0 Å². The van der Waals surface area contributed by atoms with Crippen molar-refractivity contribution in [1.29, 1.82) is 0 Å². The van der Waals surface area contributed by atoms with E-state index in [9.17, 15) is 24.6 Å². The van der Waals surface area contributed by atoms with Crippen LogP contribution in [-0.4, -0.2) is 119 Å². The Morgan fingerprint density at radius 1 is 1.25 bits per heavy atom. The highest BCUT2D eigenvalue weighted by molar-refractivity contribution is 5.98. The predicted octanol–water partition coefficient (Wildman–Crippen LogP) is 1.03. The van der Waals surface area contributed by atoms with Crippen molar-refractivity contribution in [3.8, 4) is 0 Å². The molecule has 40 heavy (non-hydrogen) atoms. The summed E-state index contributed by atoms with van der Waals surface area (Å²) in [5.74, 6) is -4.07. The molecule has 3 unspecified atom stereocenters. The smallest absolute Gasteiger partial charge is 0.310 e. The van der Waals surface area contributed by atoms with Crippen LogP contribution in [0.4, 0.5) is 0 Å². The standard InChI is InChI=1S/C30H41N3O7/c1-4-10-32(12-11-31-13-15-39-16-14-31)27(36)25-30-18-20(2)29(3,40-30)24(28(37)38)23(30)26(35)33(25)22(19-34)17-21-8-6-5-7-9-21/h4-9,20,22-25,34H,1,10-19H2,2-3H3,(H,37,38)/t20?,22-,23+,24+,25?,29-,30?/m1/s1. The molecule has 1 aromatic rings. The molecule has 10 heteroatoms. The lowest BCUT2D eigenvalue weighted by Gasteiger charge is -2.40. The molecule has 7 atom stereocenters. The molecule has 1 aromatic carbocycles. The molecule has 0 radical (unpaired) electrons. The maximum atomic E-state index is 14.6. The fraction of sp³-hybridized carbons (Fsp3) is 0.633. The van der Waals surface area contributed by atoms with E-state index >= 15 is 0 Å². The van der Waals surface area contributed by atoms with Crippen molar-refractivity contribution in [3.63, 3.8) is 0 Å². The zero-order chi connectivity index (χ0) is 28.7. The summed E-state index contributed by atoms with van der Waals surface area (Å²) < 4.78 is 12.1. The third kappa shape index (κ3) is 4.64. The molecular weight excluding hydrogens is 514 g/mol. The molecular formula is C30H41N3O7. The van der Waals surface area contributed by atoms with Gasteiger partial charge in [0.2, 0.25) is 11.8 Å². The second-order valence-corrected chi connectivity index (χ2v) is 11.8. The van der Waals surface area contributed by atoms with E-state index in [4.69, 9.17) is 9.47 Å². The number of aliphatic carboxylic acids is 1. The second-order valence-electron chi connectivity index (χ2n) is 11.8. The van der Waals surface area contributed by atoms with Crippen LogP contribution >= 0.6 is 0 Å². The van der Waals surface area contributed by atoms with Crippen molar-refractivity contribution in [2.75, 3.05) is 52.5 Å². The number of likely N-dealkylation sites (tertiary alicyclic amines) is 1. The number of hydrogen-bond acceptors (Lipinski definition) is 7. The first-order valence-electron chi connectivity index (χ1n) is 14.3. The van der Waals surface area contributed by atoms with Gasteiger partial charge in [0.1, 0.15) is 17.6 Å². The van der Waals surface area contributed by atoms with Crippen LogP contribution in [0.1, 0.15) is 25.8 Å². The molecule has 0 aliphatic carbocycles. The topological polar surface area (TPSA) is 120 Å². The molecule has 2 N–H and O–H groups in total. The Balaban J connectivity index is 1.53. The van der Waals surface area contributed by atoms with E-state index in [1.807, 2.05) is 37.3 Å². The number of aliphatic hydroxyl groups is 1. The van der Waals surface area contributed by atoms with Gasteiger partial charge in [0.25, 0.3) is 0 Å². The number of benzene rings is 1. The second kappa shape index (κ2) is 11.2. The average Bonchev–Trinajstić information content (AvgIpc) is 3.47. The first kappa shape index (κ1) is 28.7. The highest BCUT2D eigenvalue weighted by Crippen LogP contribution is 2.65. The third-order valence-corrected chi connectivity index (χ3v) is 9.62. The van der Waals surface area contributed by atoms with Crippen LogP contribution in [-0.2, 0) is 30.3 Å². The Hall–Kier alpha value is -2.79. The number of fused-ring (bicyclic) bond motifs is 1. The number of rotatable bonds is 11. The molecule has 10 nitrogen and oxygen atoms in total. The Morgan fingerprint density at radius 2 is 1.95 bits per heavy atom. The maximum Gasteiger partial charge on any atom is 0.310 e. The summed E-state index contributed by atoms with van der Waals surface area (Å²) in [4.78, 5) is 46.9. The number of ether oxygens (including phenoxy) is 2. The Morgan fingerprint density at radius 3 is 2.58 bits per heavy atom. The first-order valence-corrected chi connectivity index (χ1v) is 14.3. The van der Waals surface area contributed by atoms with Crippen molar-refractivity contribution >= 4 is 17.8 Å². The van der Waals surface area contributed by atoms with Crippen LogP contribution < -0.4 is 0 Å². The van der Waals surface area contributed by atoms with Crippen LogP contribution in [0.25, 0.3) is 0 Å². The molecule has 4 fully saturated rings. The van der Waals surface area contributed by atoms with Gasteiger partial charge in [0, 0.05) is 32.7 Å². The normalized spacial score (nSPS) is 34.1. The lowest BCUT2D eigenvalue weighted by atomic mass is 9.62. The lowest BCUT2D eigenvalue weighted by molar-refractivity contribution is -0.160. The Bertz CT molecular complexity index is 1130. The van der Waals surface area contributed by atoms with Crippen LogP contribution in [0.2, 0.25) is 0 Å². The number of morpholine rings is 1. The molecule has 4 heterocycles. The summed E-state index contributed by atoms with van der Waals surface area (Å²) in [6, 6.07) is 7.72. The van der Waals surface area contributed by atoms with Crippen molar-refractivity contribution in [2.45, 2.75) is 50.0 Å². The van der Waals surface area contributed by atoms with Gasteiger partial charge in [-0.3, -0.25) is 19.3 Å². The highest BCUT2D eigenvalue weighted by Gasteiger charge is 2.80. The molecule has 4 aliphatic heterocycles. The molecule has 0 saturated carbocycles. The van der Waals surface area contributed by atoms with Crippen molar-refractivity contribution in [2.24, 2.45) is 17.8 Å². The SMILES string of the molecule is C=CCN(CCN1CCOCC1)C(=O)C1N([C@@H](CO)Cc2ccccc2)C(=O)[C@@H]2[C@@H](C(=O)O)[C@]3(C)OC12CC3C. The van der Waals surface area contributed by atoms with Crippen LogP contribution in [0, 0.1) is 17.8 Å². The van der Waals surface area contributed by atoms with Gasteiger partial charge < -0.3 is 29.5 Å². The summed E-state index contributed by atoms with van der Waals surface area (Å²) in [5.41, 5.74) is -1.44. The molecule has 2 amide bonds. The largest absolute Gasteiger partial charge is 0.481 e. The van der Waals surface area contributed by atoms with Gasteiger partial charge in [-0.15, -0.1) is 6.58 Å². The van der Waals surface area contributed by atoms with E-state index in [0.29, 0.717) is 39.1 Å². The van der Waals surface area contributed by atoms with Gasteiger partial charge in [0.05, 0.1) is 37.4 Å². The quantitative estimate of drug-likeness (QED) is 0.389. The molecule has 1 spiro atoms. The number of aliphatic hydroxyl groups excluding tert-OH is 1. The number of nitrogens with zero attached hydrogens (tertiary/aromatic N) is 3. The maximum absolute atomic E-state index is 14.6. The fourth-order valence-electron chi connectivity index (χ4n) is 7.57. The zero-order valence-corrected chi connectivity index (χ0v) is 23.4. The number of amides is 2. The molecule has 5 rings (SSSR count). The van der Waals surface area contributed by atoms with Crippen molar-refractivity contribution in [1.82, 2.24) is 14.7 Å². The summed E-state index contributed by atoms with van der Waals surface area (Å²) >= 11 is 0. The van der Waals surface area contributed by atoms with Crippen molar-refractivity contribution < 1.29 is 34.1 Å². The summed E-state index contributed by atoms with van der Waals surface area (Å²) in [6.07, 6.45) is 2.39. The minimum atomic E-state index is -1.28.